The Morgan fingerprint density at radius 1 is 0.562 bits per heavy atom. The summed E-state index contributed by atoms with van der Waals surface area (Å²) in [5, 5.41) is 0. The summed E-state index contributed by atoms with van der Waals surface area (Å²) in [6.07, 6.45) is 3.98. The van der Waals surface area contributed by atoms with Crippen LogP contribution in [0.1, 0.15) is 55.4 Å². The van der Waals surface area contributed by atoms with Gasteiger partial charge in [0.1, 0.15) is 0 Å². The molecular weight excluding hydrogens is 196 g/mol. The van der Waals surface area contributed by atoms with Crippen LogP contribution in [0, 0.1) is 11.8 Å². The van der Waals surface area contributed by atoms with E-state index in [4.69, 9.17) is 0 Å². The van der Waals surface area contributed by atoms with E-state index in [0.29, 0.717) is 23.9 Å². The summed E-state index contributed by atoms with van der Waals surface area (Å²) in [5.74, 6) is 1.19. The quantitative estimate of drug-likeness (QED) is 0.640. The monoisotopic (exact) mass is 226 g/mol. The lowest BCUT2D eigenvalue weighted by Gasteiger charge is -1.95. The van der Waals surface area contributed by atoms with E-state index < -0.39 is 0 Å². The molecule has 0 aliphatic carbocycles. The fourth-order valence-corrected chi connectivity index (χ4v) is 0.689. The van der Waals surface area contributed by atoms with Gasteiger partial charge in [0.05, 0.1) is 0 Å². The summed E-state index contributed by atoms with van der Waals surface area (Å²) in [5.41, 5.74) is 0. The topological polar surface area (TPSA) is 24.7 Å². The molecule has 0 aromatic rings. The van der Waals surface area contributed by atoms with Crippen molar-refractivity contribution in [3.05, 3.63) is 0 Å². The lowest BCUT2D eigenvalue weighted by molar-refractivity contribution is 0.812. The molecule has 0 radical (unpaired) electrons. The molecule has 0 aliphatic rings. The first-order chi connectivity index (χ1) is 7.25. The second kappa shape index (κ2) is 10.8. The van der Waals surface area contributed by atoms with Crippen LogP contribution >= 0.6 is 0 Å². The first-order valence-electron chi connectivity index (χ1n) is 6.32. The highest BCUT2D eigenvalue weighted by molar-refractivity contribution is 5.59. The second-order valence-electron chi connectivity index (χ2n) is 5.27. The molecule has 0 N–H and O–H groups in total. The van der Waals surface area contributed by atoms with Crippen LogP contribution in [-0.2, 0) is 0 Å². The van der Waals surface area contributed by atoms with Crippen LogP contribution in [0.25, 0.3) is 0 Å². The molecule has 0 heterocycles. The van der Waals surface area contributed by atoms with Gasteiger partial charge in [-0.1, -0.05) is 27.7 Å². The van der Waals surface area contributed by atoms with Gasteiger partial charge in [-0.3, -0.25) is 9.98 Å². The number of hydrogen-bond donors (Lipinski definition) is 0. The molecular formula is C14H30N2. The van der Waals surface area contributed by atoms with E-state index in [1.165, 1.54) is 0 Å². The first kappa shape index (κ1) is 17.7. The van der Waals surface area contributed by atoms with Gasteiger partial charge in [-0.05, 0) is 39.5 Å². The molecule has 0 saturated heterocycles. The van der Waals surface area contributed by atoms with E-state index >= 15 is 0 Å². The molecule has 0 amide bonds. The average Bonchev–Trinajstić information content (AvgIpc) is 2.12. The van der Waals surface area contributed by atoms with Gasteiger partial charge in [0.15, 0.2) is 0 Å². The van der Waals surface area contributed by atoms with E-state index in [1.54, 1.807) is 0 Å². The Hall–Kier alpha value is -0.660. The Labute approximate surface area is 102 Å². The minimum atomic E-state index is 0.456. The molecule has 16 heavy (non-hydrogen) atoms. The van der Waals surface area contributed by atoms with Crippen LogP contribution < -0.4 is 0 Å². The van der Waals surface area contributed by atoms with Crippen molar-refractivity contribution in [1.82, 2.24) is 0 Å². The Morgan fingerprint density at radius 2 is 0.812 bits per heavy atom. The molecule has 0 atom stereocenters. The second-order valence-corrected chi connectivity index (χ2v) is 5.27. The van der Waals surface area contributed by atoms with Crippen molar-refractivity contribution in [3.8, 4) is 0 Å². The third-order valence-electron chi connectivity index (χ3n) is 1.36. The zero-order chi connectivity index (χ0) is 13.1. The van der Waals surface area contributed by atoms with Crippen molar-refractivity contribution < 1.29 is 0 Å². The van der Waals surface area contributed by atoms with Crippen molar-refractivity contribution in [3.63, 3.8) is 0 Å². The third-order valence-corrected chi connectivity index (χ3v) is 1.36. The van der Waals surface area contributed by atoms with E-state index in [2.05, 4.69) is 65.4 Å². The molecule has 0 spiro atoms. The number of nitrogens with zero attached hydrogens (tertiary/aromatic N) is 2. The molecule has 0 fully saturated rings. The van der Waals surface area contributed by atoms with E-state index in [1.807, 2.05) is 12.4 Å². The predicted molar refractivity (Wildman–Crippen MR) is 76.9 cm³/mol. The Balaban J connectivity index is 0. The molecule has 0 rings (SSSR count). The highest BCUT2D eigenvalue weighted by Gasteiger charge is 1.86. The molecule has 0 saturated carbocycles. The fourth-order valence-electron chi connectivity index (χ4n) is 0.689. The fraction of sp³-hybridized carbons (Fsp3) is 0.857. The van der Waals surface area contributed by atoms with Gasteiger partial charge in [-0.2, -0.15) is 0 Å². The van der Waals surface area contributed by atoms with Crippen molar-refractivity contribution in [2.75, 3.05) is 0 Å². The first-order valence-corrected chi connectivity index (χ1v) is 6.32. The van der Waals surface area contributed by atoms with Gasteiger partial charge >= 0.3 is 0 Å². The molecule has 0 aliphatic heterocycles. The highest BCUT2D eigenvalue weighted by atomic mass is 14.7. The molecule has 0 bridgehead atoms. The zero-order valence-electron chi connectivity index (χ0n) is 12.4. The normalized spacial score (nSPS) is 12.2. The smallest absolute Gasteiger partial charge is 0.0439 e. The van der Waals surface area contributed by atoms with Gasteiger partial charge in [0.2, 0.25) is 0 Å². The van der Waals surface area contributed by atoms with Crippen molar-refractivity contribution in [1.29, 1.82) is 0 Å². The molecule has 96 valence electrons. The Kier molecular flexibility index (Phi) is 12.0. The van der Waals surface area contributed by atoms with Gasteiger partial charge in [0, 0.05) is 24.5 Å². The van der Waals surface area contributed by atoms with E-state index in [-0.39, 0.29) is 0 Å². The predicted octanol–water partition coefficient (Wildman–Crippen LogP) is 4.24. The molecule has 0 aromatic carbocycles. The Morgan fingerprint density at radius 3 is 0.875 bits per heavy atom. The molecule has 0 aromatic heterocycles. The van der Waals surface area contributed by atoms with Crippen molar-refractivity contribution in [2.24, 2.45) is 21.8 Å². The number of rotatable bonds is 4. The van der Waals surface area contributed by atoms with Gasteiger partial charge in [-0.15, -0.1) is 0 Å². The summed E-state index contributed by atoms with van der Waals surface area (Å²) < 4.78 is 0. The standard InChI is InChI=1S/2C7H15N/c2*1-6(2)5-8-7(3)4/h2*5-7H,1-4H3. The van der Waals surface area contributed by atoms with E-state index in [9.17, 15) is 0 Å². The van der Waals surface area contributed by atoms with Gasteiger partial charge < -0.3 is 0 Å². The van der Waals surface area contributed by atoms with Crippen molar-refractivity contribution >= 4 is 12.4 Å². The van der Waals surface area contributed by atoms with Crippen LogP contribution in [0.4, 0.5) is 0 Å². The largest absolute Gasteiger partial charge is 0.295 e. The molecule has 2 heteroatoms. The zero-order valence-corrected chi connectivity index (χ0v) is 12.4. The SMILES string of the molecule is CC(C)C=NC(C)C.CC(C)C=NC(C)C. The minimum Gasteiger partial charge on any atom is -0.295 e. The van der Waals surface area contributed by atoms with Crippen LogP contribution in [0.5, 0.6) is 0 Å². The summed E-state index contributed by atoms with van der Waals surface area (Å²) in [6, 6.07) is 0.912. The summed E-state index contributed by atoms with van der Waals surface area (Å²) in [4.78, 5) is 8.40. The number of aliphatic imine (C=N–C) groups is 2. The van der Waals surface area contributed by atoms with Gasteiger partial charge in [0.25, 0.3) is 0 Å². The summed E-state index contributed by atoms with van der Waals surface area (Å²) >= 11 is 0. The summed E-state index contributed by atoms with van der Waals surface area (Å²) in [6.45, 7) is 16.9. The Bertz CT molecular complexity index is 147. The maximum absolute atomic E-state index is 4.20. The maximum Gasteiger partial charge on any atom is 0.0439 e. The maximum atomic E-state index is 4.20. The third kappa shape index (κ3) is 23.3. The summed E-state index contributed by atoms with van der Waals surface area (Å²) in [7, 11) is 0. The lowest BCUT2D eigenvalue weighted by Crippen LogP contribution is -1.93. The van der Waals surface area contributed by atoms with Crippen LogP contribution in [-0.4, -0.2) is 24.5 Å². The molecule has 0 unspecified atom stereocenters. The minimum absolute atomic E-state index is 0.456. The van der Waals surface area contributed by atoms with Crippen LogP contribution in [0.3, 0.4) is 0 Å². The number of hydrogen-bond acceptors (Lipinski definition) is 2. The molecule has 2 nitrogen and oxygen atoms in total. The van der Waals surface area contributed by atoms with Crippen molar-refractivity contribution in [2.45, 2.75) is 67.5 Å². The van der Waals surface area contributed by atoms with Gasteiger partial charge in [-0.25, -0.2) is 0 Å². The van der Waals surface area contributed by atoms with Crippen LogP contribution in [0.15, 0.2) is 9.98 Å². The lowest BCUT2D eigenvalue weighted by atomic mass is 10.2. The van der Waals surface area contributed by atoms with E-state index in [0.717, 1.165) is 0 Å². The highest BCUT2D eigenvalue weighted by Crippen LogP contribution is 1.89. The average molecular weight is 226 g/mol. The van der Waals surface area contributed by atoms with Crippen LogP contribution in [0.2, 0.25) is 0 Å².